The number of nitrogens with zero attached hydrogens (tertiary/aromatic N) is 2. The van der Waals surface area contributed by atoms with Crippen molar-refractivity contribution in [1.29, 1.82) is 0 Å². The van der Waals surface area contributed by atoms with E-state index in [1.165, 1.54) is 0 Å². The highest BCUT2D eigenvalue weighted by atomic mass is 16.5. The monoisotopic (exact) mass is 290 g/mol. The molecule has 1 aliphatic heterocycles. The van der Waals surface area contributed by atoms with Crippen molar-refractivity contribution in [2.24, 2.45) is 0 Å². The van der Waals surface area contributed by atoms with E-state index in [4.69, 9.17) is 9.47 Å². The summed E-state index contributed by atoms with van der Waals surface area (Å²) >= 11 is 0. The SMILES string of the molecule is COC1(Cn2c(C)nc3c(C(=O)O)cccc32)CCOC1. The molecular formula is C15H18N2O4. The van der Waals surface area contributed by atoms with Crippen LogP contribution in [0.5, 0.6) is 0 Å². The quantitative estimate of drug-likeness (QED) is 0.930. The molecular weight excluding hydrogens is 272 g/mol. The summed E-state index contributed by atoms with van der Waals surface area (Å²) in [7, 11) is 1.69. The zero-order valence-corrected chi connectivity index (χ0v) is 12.1. The van der Waals surface area contributed by atoms with Gasteiger partial charge >= 0.3 is 5.97 Å². The minimum atomic E-state index is -0.962. The fraction of sp³-hybridized carbons (Fsp3) is 0.467. The molecule has 1 aromatic carbocycles. The summed E-state index contributed by atoms with van der Waals surface area (Å²) in [6, 6.07) is 5.21. The summed E-state index contributed by atoms with van der Waals surface area (Å²) in [5, 5.41) is 9.27. The van der Waals surface area contributed by atoms with E-state index in [2.05, 4.69) is 4.98 Å². The molecule has 0 spiro atoms. The normalized spacial score (nSPS) is 22.0. The highest BCUT2D eigenvalue weighted by molar-refractivity contribution is 6.01. The number of imidazole rings is 1. The predicted octanol–water partition coefficient (Wildman–Crippen LogP) is 1.85. The van der Waals surface area contributed by atoms with Crippen molar-refractivity contribution in [2.45, 2.75) is 25.5 Å². The maximum absolute atomic E-state index is 11.3. The first-order valence-corrected chi connectivity index (χ1v) is 6.88. The number of ether oxygens (including phenoxy) is 2. The Morgan fingerprint density at radius 1 is 1.57 bits per heavy atom. The van der Waals surface area contributed by atoms with Crippen LogP contribution in [0.3, 0.4) is 0 Å². The molecule has 21 heavy (non-hydrogen) atoms. The first-order valence-electron chi connectivity index (χ1n) is 6.88. The Hall–Kier alpha value is -1.92. The molecule has 0 radical (unpaired) electrons. The van der Waals surface area contributed by atoms with Crippen LogP contribution < -0.4 is 0 Å². The van der Waals surface area contributed by atoms with Crippen LogP contribution in [0.15, 0.2) is 18.2 Å². The second-order valence-electron chi connectivity index (χ2n) is 5.41. The number of methoxy groups -OCH3 is 1. The van der Waals surface area contributed by atoms with E-state index in [1.54, 1.807) is 19.2 Å². The van der Waals surface area contributed by atoms with Gasteiger partial charge in [-0.1, -0.05) is 6.07 Å². The van der Waals surface area contributed by atoms with E-state index < -0.39 is 5.97 Å². The molecule has 6 heteroatoms. The minimum absolute atomic E-state index is 0.225. The van der Waals surface area contributed by atoms with Gasteiger partial charge in [-0.25, -0.2) is 9.78 Å². The van der Waals surface area contributed by atoms with Gasteiger partial charge in [0.2, 0.25) is 0 Å². The molecule has 0 aliphatic carbocycles. The van der Waals surface area contributed by atoms with Crippen molar-refractivity contribution < 1.29 is 19.4 Å². The molecule has 1 N–H and O–H groups in total. The van der Waals surface area contributed by atoms with E-state index in [1.807, 2.05) is 17.6 Å². The van der Waals surface area contributed by atoms with Gasteiger partial charge in [0.25, 0.3) is 0 Å². The van der Waals surface area contributed by atoms with Gasteiger partial charge in [0.1, 0.15) is 16.9 Å². The number of aromatic carboxylic acids is 1. The smallest absolute Gasteiger partial charge is 0.337 e. The summed E-state index contributed by atoms with van der Waals surface area (Å²) in [6.07, 6.45) is 0.821. The maximum atomic E-state index is 11.3. The lowest BCUT2D eigenvalue weighted by molar-refractivity contribution is -0.0291. The van der Waals surface area contributed by atoms with Crippen molar-refractivity contribution >= 4 is 17.0 Å². The Bertz CT molecular complexity index is 686. The molecule has 112 valence electrons. The van der Waals surface area contributed by atoms with Crippen molar-refractivity contribution in [3.05, 3.63) is 29.6 Å². The first kappa shape index (κ1) is 14.0. The zero-order valence-electron chi connectivity index (χ0n) is 12.1. The third-order valence-electron chi connectivity index (χ3n) is 4.15. The lowest BCUT2D eigenvalue weighted by Crippen LogP contribution is -2.37. The molecule has 1 unspecified atom stereocenters. The first-order chi connectivity index (χ1) is 10.1. The van der Waals surface area contributed by atoms with E-state index in [-0.39, 0.29) is 11.2 Å². The van der Waals surface area contributed by atoms with Crippen LogP contribution in [-0.4, -0.2) is 46.6 Å². The number of aromatic nitrogens is 2. The van der Waals surface area contributed by atoms with Crippen LogP contribution in [0.25, 0.3) is 11.0 Å². The molecule has 2 aromatic rings. The molecule has 0 amide bonds. The van der Waals surface area contributed by atoms with Gasteiger partial charge in [0.15, 0.2) is 0 Å². The van der Waals surface area contributed by atoms with Crippen molar-refractivity contribution in [3.63, 3.8) is 0 Å². The number of hydrogen-bond donors (Lipinski definition) is 1. The third kappa shape index (κ3) is 2.30. The molecule has 0 saturated carbocycles. The molecule has 0 bridgehead atoms. The Kier molecular flexibility index (Phi) is 3.43. The van der Waals surface area contributed by atoms with Crippen molar-refractivity contribution in [3.8, 4) is 0 Å². The minimum Gasteiger partial charge on any atom is -0.478 e. The standard InChI is InChI=1S/C15H18N2O4/c1-10-16-13-11(14(18)19)4-3-5-12(13)17(10)8-15(20-2)6-7-21-9-15/h3-5H,6-9H2,1-2H3,(H,18,19). The van der Waals surface area contributed by atoms with E-state index in [0.29, 0.717) is 25.3 Å². The lowest BCUT2D eigenvalue weighted by Gasteiger charge is -2.27. The van der Waals surface area contributed by atoms with Crippen LogP contribution in [0.4, 0.5) is 0 Å². The van der Waals surface area contributed by atoms with Crippen LogP contribution in [-0.2, 0) is 16.0 Å². The van der Waals surface area contributed by atoms with Crippen LogP contribution in [0, 0.1) is 6.92 Å². The Morgan fingerprint density at radius 3 is 3.00 bits per heavy atom. The van der Waals surface area contributed by atoms with Gasteiger partial charge in [0, 0.05) is 20.1 Å². The highest BCUT2D eigenvalue weighted by Crippen LogP contribution is 2.28. The van der Waals surface area contributed by atoms with E-state index in [0.717, 1.165) is 17.8 Å². The number of rotatable bonds is 4. The number of carboxylic acids is 1. The summed E-state index contributed by atoms with van der Waals surface area (Å²) in [4.78, 5) is 15.7. The number of para-hydroxylation sites is 1. The summed E-state index contributed by atoms with van der Waals surface area (Å²) < 4.78 is 13.1. The van der Waals surface area contributed by atoms with Crippen LogP contribution in [0.1, 0.15) is 22.6 Å². The van der Waals surface area contributed by atoms with Crippen LogP contribution in [0.2, 0.25) is 0 Å². The van der Waals surface area contributed by atoms with Gasteiger partial charge in [-0.15, -0.1) is 0 Å². The van der Waals surface area contributed by atoms with Crippen molar-refractivity contribution in [1.82, 2.24) is 9.55 Å². The number of carboxylic acid groups (broad SMARTS) is 1. The fourth-order valence-corrected chi connectivity index (χ4v) is 2.86. The van der Waals surface area contributed by atoms with Gasteiger partial charge in [-0.2, -0.15) is 0 Å². The average Bonchev–Trinajstić information content (AvgIpc) is 3.05. The Balaban J connectivity index is 2.09. The Labute approximate surface area is 122 Å². The number of hydrogen-bond acceptors (Lipinski definition) is 4. The van der Waals surface area contributed by atoms with Gasteiger partial charge in [0.05, 0.1) is 24.2 Å². The molecule has 6 nitrogen and oxygen atoms in total. The molecule has 1 fully saturated rings. The number of fused-ring (bicyclic) bond motifs is 1. The Morgan fingerprint density at radius 2 is 2.38 bits per heavy atom. The van der Waals surface area contributed by atoms with Gasteiger partial charge in [-0.05, 0) is 19.1 Å². The van der Waals surface area contributed by atoms with E-state index >= 15 is 0 Å². The highest BCUT2D eigenvalue weighted by Gasteiger charge is 2.36. The van der Waals surface area contributed by atoms with E-state index in [9.17, 15) is 9.90 Å². The number of carbonyl (C=O) groups is 1. The summed E-state index contributed by atoms with van der Waals surface area (Å²) in [5.74, 6) is -0.182. The predicted molar refractivity (Wildman–Crippen MR) is 76.6 cm³/mol. The molecule has 3 rings (SSSR count). The fourth-order valence-electron chi connectivity index (χ4n) is 2.86. The number of aryl methyl sites for hydroxylation is 1. The second kappa shape index (κ2) is 5.13. The third-order valence-corrected chi connectivity index (χ3v) is 4.15. The molecule has 2 heterocycles. The molecule has 1 aromatic heterocycles. The largest absolute Gasteiger partial charge is 0.478 e. The molecule has 1 aliphatic rings. The zero-order chi connectivity index (χ0) is 15.0. The topological polar surface area (TPSA) is 73.6 Å². The van der Waals surface area contributed by atoms with Gasteiger partial charge in [-0.3, -0.25) is 0 Å². The average molecular weight is 290 g/mol. The maximum Gasteiger partial charge on any atom is 0.337 e. The summed E-state index contributed by atoms with van der Waals surface area (Å²) in [6.45, 7) is 3.71. The molecule has 1 saturated heterocycles. The van der Waals surface area contributed by atoms with Crippen LogP contribution >= 0.6 is 0 Å². The second-order valence-corrected chi connectivity index (χ2v) is 5.41. The van der Waals surface area contributed by atoms with Crippen molar-refractivity contribution in [2.75, 3.05) is 20.3 Å². The lowest BCUT2D eigenvalue weighted by atomic mass is 10.0. The number of benzene rings is 1. The van der Waals surface area contributed by atoms with Gasteiger partial charge < -0.3 is 19.1 Å². The molecule has 1 atom stereocenters. The summed E-state index contributed by atoms with van der Waals surface area (Å²) in [5.41, 5.74) is 1.20.